The Bertz CT molecular complexity index is 47.8. The minimum absolute atomic E-state index is 0.870. The van der Waals surface area contributed by atoms with Gasteiger partial charge in [-0.3, -0.25) is 0 Å². The normalized spacial score (nSPS) is 9.38. The van der Waals surface area contributed by atoms with Crippen LogP contribution in [0.15, 0.2) is 0 Å². The lowest BCUT2D eigenvalue weighted by Crippen LogP contribution is -1.98. The highest BCUT2D eigenvalue weighted by atomic mass is 32.2. The van der Waals surface area contributed by atoms with E-state index in [1.54, 1.807) is 0 Å². The Morgan fingerprint density at radius 3 is 2.50 bits per heavy atom. The first-order valence-electron chi connectivity index (χ1n) is 3.34. The van der Waals surface area contributed by atoms with Crippen LogP contribution in [-0.4, -0.2) is 12.2 Å². The monoisotopic (exact) mass is 130 g/mol. The molecule has 0 atom stereocenters. The molecule has 0 amide bonds. The van der Waals surface area contributed by atoms with Crippen LogP contribution in [0.25, 0.3) is 0 Å². The highest BCUT2D eigenvalue weighted by Crippen LogP contribution is 2.09. The second-order valence-corrected chi connectivity index (χ2v) is 3.46. The molecule has 0 fully saturated rings. The lowest BCUT2D eigenvalue weighted by Gasteiger charge is -1.99. The van der Waals surface area contributed by atoms with Crippen molar-refractivity contribution in [3.8, 4) is 0 Å². The summed E-state index contributed by atoms with van der Waals surface area (Å²) >= 11 is 1.96. The van der Waals surface area contributed by atoms with Crippen molar-refractivity contribution in [1.29, 1.82) is 0 Å². The van der Waals surface area contributed by atoms with Crippen LogP contribution < -0.4 is 0 Å². The van der Waals surface area contributed by atoms with E-state index in [4.69, 9.17) is 0 Å². The third kappa shape index (κ3) is 4.57. The Balaban J connectivity index is 2.86. The molecule has 0 heterocycles. The zero-order chi connectivity index (χ0) is 6.41. The fraction of sp³-hybridized carbons (Fsp3) is 1.00. The molecule has 0 aliphatic rings. The molecule has 0 spiro atoms. The number of hydrogen-bond acceptors (Lipinski definition) is 1. The maximum atomic E-state index is 2.29. The predicted octanol–water partition coefficient (Wildman–Crippen LogP) is 2.77. The van der Waals surface area contributed by atoms with Crippen molar-refractivity contribution in [1.82, 2.24) is 0 Å². The van der Waals surface area contributed by atoms with Crippen molar-refractivity contribution < 1.29 is 0 Å². The van der Waals surface area contributed by atoms with E-state index in [9.17, 15) is 0 Å². The molecule has 0 unspecified atom stereocenters. The van der Waals surface area contributed by atoms with Gasteiger partial charge in [0, 0.05) is 0 Å². The molecule has 0 bridgehead atoms. The molecule has 48 valence electrons. The van der Waals surface area contributed by atoms with Crippen molar-refractivity contribution in [2.75, 3.05) is 6.26 Å². The average Bonchev–Trinajstić information content (AvgIpc) is 1.83. The van der Waals surface area contributed by atoms with Crippen LogP contribution in [0.4, 0.5) is 0 Å². The van der Waals surface area contributed by atoms with E-state index in [-0.39, 0.29) is 0 Å². The minimum Gasteiger partial charge on any atom is -0.214 e. The SMILES string of the molecule is CCCCB(C)SC. The van der Waals surface area contributed by atoms with Crippen molar-refractivity contribution in [2.45, 2.75) is 32.9 Å². The molecule has 0 nitrogen and oxygen atoms in total. The highest BCUT2D eigenvalue weighted by molar-refractivity contribution is 8.24. The van der Waals surface area contributed by atoms with Crippen molar-refractivity contribution >= 4 is 17.6 Å². The van der Waals surface area contributed by atoms with Gasteiger partial charge in [-0.1, -0.05) is 32.9 Å². The highest BCUT2D eigenvalue weighted by Gasteiger charge is 2.00. The van der Waals surface area contributed by atoms with Gasteiger partial charge < -0.3 is 0 Å². The molecule has 0 saturated carbocycles. The quantitative estimate of drug-likeness (QED) is 0.527. The lowest BCUT2D eigenvalue weighted by molar-refractivity contribution is 0.879. The smallest absolute Gasteiger partial charge is 0.206 e. The van der Waals surface area contributed by atoms with Gasteiger partial charge in [-0.15, -0.1) is 0 Å². The lowest BCUT2D eigenvalue weighted by atomic mass is 9.74. The van der Waals surface area contributed by atoms with Gasteiger partial charge in [0.15, 0.2) is 0 Å². The van der Waals surface area contributed by atoms with Crippen LogP contribution in [0.3, 0.4) is 0 Å². The van der Waals surface area contributed by atoms with E-state index in [0.717, 1.165) is 5.99 Å². The molecule has 0 aromatic heterocycles. The summed E-state index contributed by atoms with van der Waals surface area (Å²) in [6, 6.07) is 0. The third-order valence-electron chi connectivity index (χ3n) is 1.37. The molecular formula is C6H15BS. The Kier molecular flexibility index (Phi) is 5.84. The predicted molar refractivity (Wildman–Crippen MR) is 44.8 cm³/mol. The summed E-state index contributed by atoms with van der Waals surface area (Å²) in [4.78, 5) is 0. The summed E-state index contributed by atoms with van der Waals surface area (Å²) in [5.41, 5.74) is 0. The Morgan fingerprint density at radius 2 is 2.12 bits per heavy atom. The van der Waals surface area contributed by atoms with Gasteiger partial charge in [0.2, 0.25) is 5.99 Å². The van der Waals surface area contributed by atoms with Crippen LogP contribution in [0.2, 0.25) is 13.1 Å². The maximum Gasteiger partial charge on any atom is 0.206 e. The first kappa shape index (κ1) is 8.41. The molecule has 0 aliphatic carbocycles. The van der Waals surface area contributed by atoms with Crippen LogP contribution in [0.5, 0.6) is 0 Å². The molecule has 0 aliphatic heterocycles. The van der Waals surface area contributed by atoms with Crippen LogP contribution >= 0.6 is 11.6 Å². The zero-order valence-electron chi connectivity index (χ0n) is 6.11. The second-order valence-electron chi connectivity index (χ2n) is 2.19. The molecule has 2 heteroatoms. The summed E-state index contributed by atoms with van der Waals surface area (Å²) in [6.07, 6.45) is 6.30. The van der Waals surface area contributed by atoms with Crippen LogP contribution in [-0.2, 0) is 0 Å². The van der Waals surface area contributed by atoms with E-state index in [0.29, 0.717) is 0 Å². The summed E-state index contributed by atoms with van der Waals surface area (Å²) in [6.45, 7) is 4.54. The third-order valence-corrected chi connectivity index (χ3v) is 2.41. The molecule has 0 radical (unpaired) electrons. The van der Waals surface area contributed by atoms with Gasteiger partial charge >= 0.3 is 0 Å². The fourth-order valence-corrected chi connectivity index (χ4v) is 1.01. The zero-order valence-corrected chi connectivity index (χ0v) is 6.92. The van der Waals surface area contributed by atoms with Crippen molar-refractivity contribution in [3.63, 3.8) is 0 Å². The van der Waals surface area contributed by atoms with Gasteiger partial charge in [0.1, 0.15) is 0 Å². The molecular weight excluding hydrogens is 115 g/mol. The number of unbranched alkanes of at least 4 members (excludes halogenated alkanes) is 1. The Labute approximate surface area is 57.4 Å². The van der Waals surface area contributed by atoms with Crippen LogP contribution in [0.1, 0.15) is 19.8 Å². The molecule has 0 rings (SSSR count). The van der Waals surface area contributed by atoms with Gasteiger partial charge in [-0.05, 0) is 6.26 Å². The van der Waals surface area contributed by atoms with Crippen LogP contribution in [0, 0.1) is 0 Å². The minimum atomic E-state index is 0.870. The van der Waals surface area contributed by atoms with E-state index in [1.165, 1.54) is 19.2 Å². The summed E-state index contributed by atoms with van der Waals surface area (Å²) in [5, 5.41) is 0. The second kappa shape index (κ2) is 5.55. The molecule has 0 aromatic rings. The van der Waals surface area contributed by atoms with E-state index in [1.807, 2.05) is 11.6 Å². The van der Waals surface area contributed by atoms with E-state index in [2.05, 4.69) is 20.0 Å². The summed E-state index contributed by atoms with van der Waals surface area (Å²) in [5.74, 6) is 0.870. The largest absolute Gasteiger partial charge is 0.214 e. The molecule has 0 N–H and O–H groups in total. The Hall–Kier alpha value is 0.415. The number of hydrogen-bond donors (Lipinski definition) is 0. The molecule has 0 aromatic carbocycles. The van der Waals surface area contributed by atoms with Gasteiger partial charge in [0.25, 0.3) is 0 Å². The molecule has 8 heavy (non-hydrogen) atoms. The van der Waals surface area contributed by atoms with Gasteiger partial charge in [0.05, 0.1) is 0 Å². The maximum absolute atomic E-state index is 2.29. The van der Waals surface area contributed by atoms with Crippen molar-refractivity contribution in [3.05, 3.63) is 0 Å². The Morgan fingerprint density at radius 1 is 1.50 bits per heavy atom. The molecule has 0 saturated heterocycles. The summed E-state index contributed by atoms with van der Waals surface area (Å²) < 4.78 is 0. The van der Waals surface area contributed by atoms with Gasteiger partial charge in [-0.2, -0.15) is 0 Å². The first-order chi connectivity index (χ1) is 3.81. The van der Waals surface area contributed by atoms with E-state index >= 15 is 0 Å². The first-order valence-corrected chi connectivity index (χ1v) is 4.62. The average molecular weight is 130 g/mol. The fourth-order valence-electron chi connectivity index (χ4n) is 0.609. The van der Waals surface area contributed by atoms with Crippen molar-refractivity contribution in [2.24, 2.45) is 0 Å². The summed E-state index contributed by atoms with van der Waals surface area (Å²) in [7, 11) is 0. The van der Waals surface area contributed by atoms with Gasteiger partial charge in [-0.25, -0.2) is 11.6 Å². The van der Waals surface area contributed by atoms with E-state index < -0.39 is 0 Å². The number of rotatable bonds is 4. The standard InChI is InChI=1S/C6H15BS/c1-4-5-6-7(2)8-3/h4-6H2,1-3H3. The topological polar surface area (TPSA) is 0 Å².